The zero-order valence-electron chi connectivity index (χ0n) is 38.1. The molecule has 0 saturated heterocycles. The minimum absolute atomic E-state index is 0.0642. The highest BCUT2D eigenvalue weighted by Crippen LogP contribution is 2.19. The number of hydrogen-bond acceptors (Lipinski definition) is 11. The molecule has 0 spiro atoms. The van der Waals surface area contributed by atoms with E-state index < -0.39 is 29.3 Å². The molecule has 61 heavy (non-hydrogen) atoms. The lowest BCUT2D eigenvalue weighted by Crippen LogP contribution is -2.27. The van der Waals surface area contributed by atoms with E-state index in [0.29, 0.717) is 26.1 Å². The SMILES string of the molecule is CCCCC/C=C\C/C=C\CCCCCCCC(=O)OCC(COC(=O)CCC(OCCCCCCCC)OCCCCCCCC)COC(=O)Oc1ccc([N+](=O)[O-])cc1. The molecule has 0 amide bonds. The molecule has 0 heterocycles. The maximum Gasteiger partial charge on any atom is 0.513 e. The van der Waals surface area contributed by atoms with Gasteiger partial charge in [0.2, 0.25) is 0 Å². The van der Waals surface area contributed by atoms with Crippen LogP contribution in [0.25, 0.3) is 0 Å². The van der Waals surface area contributed by atoms with Crippen LogP contribution in [-0.4, -0.2) is 62.3 Å². The zero-order valence-corrected chi connectivity index (χ0v) is 38.1. The van der Waals surface area contributed by atoms with Crippen molar-refractivity contribution < 1.29 is 47.7 Å². The molecule has 1 aromatic carbocycles. The Labute approximate surface area is 368 Å². The first kappa shape index (κ1) is 55.2. The van der Waals surface area contributed by atoms with E-state index in [1.807, 2.05) is 0 Å². The lowest BCUT2D eigenvalue weighted by molar-refractivity contribution is -0.384. The van der Waals surface area contributed by atoms with Gasteiger partial charge >= 0.3 is 18.1 Å². The highest BCUT2D eigenvalue weighted by molar-refractivity contribution is 5.70. The second-order valence-corrected chi connectivity index (χ2v) is 15.9. The number of nitro benzene ring substituents is 1. The second-order valence-electron chi connectivity index (χ2n) is 15.9. The number of nitrogens with zero attached hydrogens (tertiary/aromatic N) is 1. The fraction of sp³-hybridized carbons (Fsp3) is 0.735. The summed E-state index contributed by atoms with van der Waals surface area (Å²) in [5, 5.41) is 11.0. The van der Waals surface area contributed by atoms with Gasteiger partial charge in [-0.3, -0.25) is 19.7 Å². The number of hydrogen-bond donors (Lipinski definition) is 0. The van der Waals surface area contributed by atoms with Gasteiger partial charge in [-0.15, -0.1) is 0 Å². The molecule has 0 bridgehead atoms. The molecule has 0 fully saturated rings. The van der Waals surface area contributed by atoms with Gasteiger partial charge in [0.25, 0.3) is 5.69 Å². The van der Waals surface area contributed by atoms with Gasteiger partial charge < -0.3 is 28.4 Å². The average Bonchev–Trinajstić information content (AvgIpc) is 3.25. The summed E-state index contributed by atoms with van der Waals surface area (Å²) >= 11 is 0. The first-order valence-corrected chi connectivity index (χ1v) is 23.7. The maximum absolute atomic E-state index is 12.9. The van der Waals surface area contributed by atoms with E-state index in [1.54, 1.807) is 0 Å². The molecule has 0 N–H and O–H groups in total. The number of ether oxygens (including phenoxy) is 6. The Bertz CT molecular complexity index is 1280. The fourth-order valence-corrected chi connectivity index (χ4v) is 6.38. The first-order chi connectivity index (χ1) is 29.8. The van der Waals surface area contributed by atoms with Crippen molar-refractivity contribution in [1.82, 2.24) is 0 Å². The summed E-state index contributed by atoms with van der Waals surface area (Å²) < 4.78 is 33.7. The van der Waals surface area contributed by atoms with E-state index in [4.69, 9.17) is 28.4 Å². The molecular weight excluding hydrogens is 779 g/mol. The Morgan fingerprint density at radius 2 is 1.03 bits per heavy atom. The Hall–Kier alpha value is -3.77. The number of carbonyl (C=O) groups excluding carboxylic acids is 3. The number of benzene rings is 1. The standard InChI is InChI=1S/C49H81NO11/c1-4-7-10-13-16-17-18-19-20-21-22-23-24-25-28-31-46(51)58-40-43(42-60-49(53)61-45-34-32-44(33-35-45)50(54)55)41-59-47(52)36-37-48(56-38-29-26-14-11-8-5-2)57-39-30-27-15-12-9-6-3/h16-17,19-20,32-35,43,48H,4-15,18,21-31,36-42H2,1-3H3/b17-16-,20-19-. The van der Waals surface area contributed by atoms with Crippen molar-refractivity contribution in [3.63, 3.8) is 0 Å². The van der Waals surface area contributed by atoms with Crippen LogP contribution in [0.4, 0.5) is 10.5 Å². The third kappa shape index (κ3) is 34.5. The number of nitro groups is 1. The third-order valence-corrected chi connectivity index (χ3v) is 10.2. The number of carbonyl (C=O) groups is 3. The van der Waals surface area contributed by atoms with Gasteiger partial charge in [0.1, 0.15) is 25.6 Å². The van der Waals surface area contributed by atoms with E-state index in [9.17, 15) is 24.5 Å². The number of esters is 2. The molecule has 1 rings (SSSR count). The predicted octanol–water partition coefficient (Wildman–Crippen LogP) is 13.5. The summed E-state index contributed by atoms with van der Waals surface area (Å²) in [4.78, 5) is 48.5. The topological polar surface area (TPSA) is 150 Å². The molecular formula is C49H81NO11. The zero-order chi connectivity index (χ0) is 44.4. The molecule has 12 heteroatoms. The lowest BCUT2D eigenvalue weighted by atomic mass is 10.1. The predicted molar refractivity (Wildman–Crippen MR) is 242 cm³/mol. The highest BCUT2D eigenvalue weighted by atomic mass is 16.7. The largest absolute Gasteiger partial charge is 0.513 e. The minimum Gasteiger partial charge on any atom is -0.465 e. The molecule has 1 unspecified atom stereocenters. The summed E-state index contributed by atoms with van der Waals surface area (Å²) in [5.41, 5.74) is -0.149. The smallest absolute Gasteiger partial charge is 0.465 e. The first-order valence-electron chi connectivity index (χ1n) is 23.7. The molecule has 0 radical (unpaired) electrons. The van der Waals surface area contributed by atoms with E-state index in [2.05, 4.69) is 45.1 Å². The molecule has 0 saturated carbocycles. The van der Waals surface area contributed by atoms with Crippen molar-refractivity contribution in [3.05, 3.63) is 58.7 Å². The van der Waals surface area contributed by atoms with Crippen LogP contribution in [0.3, 0.4) is 0 Å². The monoisotopic (exact) mass is 860 g/mol. The third-order valence-electron chi connectivity index (χ3n) is 10.2. The summed E-state index contributed by atoms with van der Waals surface area (Å²) in [6, 6.07) is 5.00. The van der Waals surface area contributed by atoms with Gasteiger partial charge in [-0.1, -0.05) is 141 Å². The van der Waals surface area contributed by atoms with Crippen molar-refractivity contribution in [2.24, 2.45) is 5.92 Å². The van der Waals surface area contributed by atoms with Gasteiger partial charge in [0.05, 0.1) is 17.3 Å². The van der Waals surface area contributed by atoms with Crippen molar-refractivity contribution in [1.29, 1.82) is 0 Å². The lowest BCUT2D eigenvalue weighted by Gasteiger charge is -2.20. The van der Waals surface area contributed by atoms with Crippen LogP contribution in [-0.2, 0) is 33.3 Å². The van der Waals surface area contributed by atoms with Gasteiger partial charge in [-0.05, 0) is 63.5 Å². The van der Waals surface area contributed by atoms with Crippen LogP contribution in [0.5, 0.6) is 5.75 Å². The van der Waals surface area contributed by atoms with E-state index in [-0.39, 0.29) is 50.1 Å². The molecule has 1 atom stereocenters. The molecule has 12 nitrogen and oxygen atoms in total. The van der Waals surface area contributed by atoms with Crippen molar-refractivity contribution in [2.45, 2.75) is 194 Å². The second kappa shape index (κ2) is 40.3. The maximum atomic E-state index is 12.9. The number of rotatable bonds is 41. The van der Waals surface area contributed by atoms with Crippen LogP contribution in [0, 0.1) is 16.0 Å². The average molecular weight is 860 g/mol. The number of unbranched alkanes of at least 4 members (excludes halogenated alkanes) is 18. The van der Waals surface area contributed by atoms with E-state index >= 15 is 0 Å². The molecule has 348 valence electrons. The van der Waals surface area contributed by atoms with Gasteiger partial charge in [-0.25, -0.2) is 4.79 Å². The Kier molecular flexibility index (Phi) is 36.5. The fourth-order valence-electron chi connectivity index (χ4n) is 6.38. The Morgan fingerprint density at radius 1 is 0.574 bits per heavy atom. The van der Waals surface area contributed by atoms with Gasteiger partial charge in [-0.2, -0.15) is 0 Å². The number of allylic oxidation sites excluding steroid dienone is 4. The molecule has 0 aromatic heterocycles. The van der Waals surface area contributed by atoms with Gasteiger partial charge in [0, 0.05) is 38.2 Å². The number of non-ortho nitro benzene ring substituents is 1. The summed E-state index contributed by atoms with van der Waals surface area (Å²) in [6.07, 6.45) is 33.8. The van der Waals surface area contributed by atoms with Crippen molar-refractivity contribution in [2.75, 3.05) is 33.0 Å². The Morgan fingerprint density at radius 3 is 1.59 bits per heavy atom. The normalized spacial score (nSPS) is 12.0. The van der Waals surface area contributed by atoms with E-state index in [1.165, 1.54) is 94.9 Å². The van der Waals surface area contributed by atoms with Gasteiger partial charge in [0.15, 0.2) is 6.29 Å². The minimum atomic E-state index is -1.05. The van der Waals surface area contributed by atoms with Crippen molar-refractivity contribution >= 4 is 23.8 Å². The van der Waals surface area contributed by atoms with Crippen LogP contribution in [0.1, 0.15) is 188 Å². The van der Waals surface area contributed by atoms with Crippen LogP contribution in [0.2, 0.25) is 0 Å². The summed E-state index contributed by atoms with van der Waals surface area (Å²) in [5.74, 6) is -1.42. The molecule has 0 aliphatic heterocycles. The Balaban J connectivity index is 2.59. The molecule has 0 aliphatic carbocycles. The quantitative estimate of drug-likeness (QED) is 0.00904. The summed E-state index contributed by atoms with van der Waals surface area (Å²) in [6.45, 7) is 7.23. The summed E-state index contributed by atoms with van der Waals surface area (Å²) in [7, 11) is 0. The molecule has 0 aliphatic rings. The van der Waals surface area contributed by atoms with Crippen LogP contribution in [0.15, 0.2) is 48.6 Å². The highest BCUT2D eigenvalue weighted by Gasteiger charge is 2.20. The van der Waals surface area contributed by atoms with E-state index in [0.717, 1.165) is 70.6 Å². The molecule has 1 aromatic rings. The van der Waals surface area contributed by atoms with Crippen LogP contribution < -0.4 is 4.74 Å². The van der Waals surface area contributed by atoms with Crippen LogP contribution >= 0.6 is 0 Å². The van der Waals surface area contributed by atoms with Crippen molar-refractivity contribution in [3.8, 4) is 5.75 Å².